The summed E-state index contributed by atoms with van der Waals surface area (Å²) in [5.74, 6) is -2.53. The van der Waals surface area contributed by atoms with E-state index in [2.05, 4.69) is 5.32 Å². The number of hydrogen-bond donors (Lipinski definition) is 2. The van der Waals surface area contributed by atoms with Crippen LogP contribution in [0.25, 0.3) is 0 Å². The molecule has 0 spiro atoms. The minimum Gasteiger partial charge on any atom is -0.478 e. The van der Waals surface area contributed by atoms with E-state index in [1.54, 1.807) is 0 Å². The Labute approximate surface area is 107 Å². The average molecular weight is 279 g/mol. The van der Waals surface area contributed by atoms with Crippen molar-refractivity contribution in [2.75, 3.05) is 5.32 Å². The number of aryl methyl sites for hydroxylation is 1. The third kappa shape index (κ3) is 3.59. The number of rotatable bonds is 4. The molecule has 106 valence electrons. The lowest BCUT2D eigenvalue weighted by atomic mass is 10.1. The molecule has 0 radical (unpaired) electrons. The second-order valence-corrected chi connectivity index (χ2v) is 4.10. The Kier molecular flexibility index (Phi) is 4.39. The molecule has 1 rings (SSSR count). The SMILES string of the molecule is CC[C@@H](Nc1cc(F)c(C(=O)O)cc1C)C(F)(F)F. The minimum absolute atomic E-state index is 0.0633. The molecule has 3 nitrogen and oxygen atoms in total. The molecule has 0 aliphatic carbocycles. The molecule has 1 aromatic rings. The van der Waals surface area contributed by atoms with Crippen molar-refractivity contribution < 1.29 is 27.5 Å². The molecule has 19 heavy (non-hydrogen) atoms. The second-order valence-electron chi connectivity index (χ2n) is 4.10. The number of hydrogen-bond acceptors (Lipinski definition) is 2. The lowest BCUT2D eigenvalue weighted by molar-refractivity contribution is -0.142. The summed E-state index contributed by atoms with van der Waals surface area (Å²) < 4.78 is 51.2. The number of carboxylic acid groups (broad SMARTS) is 1. The zero-order valence-corrected chi connectivity index (χ0v) is 10.3. The summed E-state index contributed by atoms with van der Waals surface area (Å²) in [5, 5.41) is 10.9. The quantitative estimate of drug-likeness (QED) is 0.828. The highest BCUT2D eigenvalue weighted by Crippen LogP contribution is 2.28. The lowest BCUT2D eigenvalue weighted by Gasteiger charge is -2.22. The highest BCUT2D eigenvalue weighted by atomic mass is 19.4. The highest BCUT2D eigenvalue weighted by molar-refractivity contribution is 5.89. The zero-order chi connectivity index (χ0) is 14.8. The van der Waals surface area contributed by atoms with Gasteiger partial charge in [0.05, 0.1) is 5.56 Å². The summed E-state index contributed by atoms with van der Waals surface area (Å²) in [4.78, 5) is 10.7. The van der Waals surface area contributed by atoms with Gasteiger partial charge in [-0.1, -0.05) is 6.92 Å². The molecule has 0 fully saturated rings. The molecule has 0 unspecified atom stereocenters. The maximum Gasteiger partial charge on any atom is 0.408 e. The van der Waals surface area contributed by atoms with Crippen molar-refractivity contribution in [3.63, 3.8) is 0 Å². The molecular formula is C12H13F4NO2. The van der Waals surface area contributed by atoms with Crippen molar-refractivity contribution in [2.24, 2.45) is 0 Å². The maximum absolute atomic E-state index is 13.4. The van der Waals surface area contributed by atoms with Crippen molar-refractivity contribution >= 4 is 11.7 Å². The van der Waals surface area contributed by atoms with Crippen molar-refractivity contribution in [3.05, 3.63) is 29.1 Å². The van der Waals surface area contributed by atoms with Crippen molar-refractivity contribution in [3.8, 4) is 0 Å². The van der Waals surface area contributed by atoms with Gasteiger partial charge in [0.1, 0.15) is 11.9 Å². The molecule has 1 aromatic carbocycles. The van der Waals surface area contributed by atoms with Gasteiger partial charge < -0.3 is 10.4 Å². The molecule has 0 aliphatic rings. The van der Waals surface area contributed by atoms with Crippen molar-refractivity contribution in [1.82, 2.24) is 0 Å². The summed E-state index contributed by atoms with van der Waals surface area (Å²) in [7, 11) is 0. The molecule has 0 aromatic heterocycles. The van der Waals surface area contributed by atoms with E-state index in [0.717, 1.165) is 12.1 Å². The monoisotopic (exact) mass is 279 g/mol. The van der Waals surface area contributed by atoms with Gasteiger partial charge in [-0.3, -0.25) is 0 Å². The third-order valence-corrected chi connectivity index (χ3v) is 2.68. The number of nitrogens with one attached hydrogen (secondary N) is 1. The van der Waals surface area contributed by atoms with Crippen LogP contribution < -0.4 is 5.32 Å². The van der Waals surface area contributed by atoms with Gasteiger partial charge in [-0.05, 0) is 31.0 Å². The Morgan fingerprint density at radius 1 is 1.42 bits per heavy atom. The number of aromatic carboxylic acids is 1. The Balaban J connectivity index is 3.09. The van der Waals surface area contributed by atoms with Gasteiger partial charge in [-0.25, -0.2) is 9.18 Å². The Bertz CT molecular complexity index is 485. The van der Waals surface area contributed by atoms with Crippen LogP contribution in [0.15, 0.2) is 12.1 Å². The summed E-state index contributed by atoms with van der Waals surface area (Å²) >= 11 is 0. The fourth-order valence-electron chi connectivity index (χ4n) is 1.60. The normalized spacial score (nSPS) is 13.2. The third-order valence-electron chi connectivity index (χ3n) is 2.68. The van der Waals surface area contributed by atoms with Crippen LogP contribution in [0.4, 0.5) is 23.2 Å². The van der Waals surface area contributed by atoms with Crippen LogP contribution in [-0.4, -0.2) is 23.3 Å². The van der Waals surface area contributed by atoms with E-state index >= 15 is 0 Å². The summed E-state index contributed by atoms with van der Waals surface area (Å²) in [5.41, 5.74) is -0.392. The fraction of sp³-hybridized carbons (Fsp3) is 0.417. The number of anilines is 1. The first kappa shape index (κ1) is 15.3. The molecule has 0 bridgehead atoms. The van der Waals surface area contributed by atoms with Gasteiger partial charge in [0.2, 0.25) is 0 Å². The Morgan fingerprint density at radius 3 is 2.42 bits per heavy atom. The van der Waals surface area contributed by atoms with Gasteiger partial charge in [-0.2, -0.15) is 13.2 Å². The molecule has 1 atom stereocenters. The molecule has 0 aliphatic heterocycles. The predicted molar refractivity (Wildman–Crippen MR) is 61.9 cm³/mol. The molecule has 0 amide bonds. The van der Waals surface area contributed by atoms with Crippen LogP contribution in [0.5, 0.6) is 0 Å². The van der Waals surface area contributed by atoms with E-state index in [4.69, 9.17) is 5.11 Å². The largest absolute Gasteiger partial charge is 0.478 e. The summed E-state index contributed by atoms with van der Waals surface area (Å²) in [6, 6.07) is -0.0303. The van der Waals surface area contributed by atoms with E-state index in [-0.39, 0.29) is 17.7 Å². The van der Waals surface area contributed by atoms with Crippen molar-refractivity contribution in [1.29, 1.82) is 0 Å². The first-order chi connectivity index (χ1) is 8.66. The highest BCUT2D eigenvalue weighted by Gasteiger charge is 2.38. The molecule has 2 N–H and O–H groups in total. The van der Waals surface area contributed by atoms with Crippen molar-refractivity contribution in [2.45, 2.75) is 32.5 Å². The molecule has 0 saturated heterocycles. The van der Waals surface area contributed by atoms with Gasteiger partial charge in [0, 0.05) is 5.69 Å². The Hall–Kier alpha value is -1.79. The number of carboxylic acids is 1. The second kappa shape index (κ2) is 5.46. The van der Waals surface area contributed by atoms with E-state index in [9.17, 15) is 22.4 Å². The zero-order valence-electron chi connectivity index (χ0n) is 10.3. The predicted octanol–water partition coefficient (Wildman–Crippen LogP) is 3.59. The van der Waals surface area contributed by atoms with E-state index < -0.39 is 29.6 Å². The first-order valence-electron chi connectivity index (χ1n) is 5.53. The van der Waals surface area contributed by atoms with Gasteiger partial charge in [0.15, 0.2) is 0 Å². The van der Waals surface area contributed by atoms with Crippen LogP contribution in [0, 0.1) is 12.7 Å². The Morgan fingerprint density at radius 2 is 2.00 bits per heavy atom. The van der Waals surface area contributed by atoms with Gasteiger partial charge >= 0.3 is 12.1 Å². The number of benzene rings is 1. The van der Waals surface area contributed by atoms with Crippen LogP contribution in [0.1, 0.15) is 29.3 Å². The van der Waals surface area contributed by atoms with E-state index in [0.29, 0.717) is 0 Å². The number of halogens is 4. The van der Waals surface area contributed by atoms with Gasteiger partial charge in [0.25, 0.3) is 0 Å². The van der Waals surface area contributed by atoms with Crippen LogP contribution >= 0.6 is 0 Å². The average Bonchev–Trinajstić information content (AvgIpc) is 2.27. The standard InChI is InChI=1S/C12H13F4NO2/c1-3-10(12(14,15)16)17-9-5-8(13)7(11(18)19)4-6(9)2/h4-5,10,17H,3H2,1-2H3,(H,18,19)/t10-/m1/s1. The van der Waals surface area contributed by atoms with Gasteiger partial charge in [-0.15, -0.1) is 0 Å². The molecule has 0 saturated carbocycles. The minimum atomic E-state index is -4.46. The molecule has 0 heterocycles. The van der Waals surface area contributed by atoms with E-state index in [1.165, 1.54) is 13.8 Å². The smallest absolute Gasteiger partial charge is 0.408 e. The summed E-state index contributed by atoms with van der Waals surface area (Å²) in [6.07, 6.45) is -4.67. The lowest BCUT2D eigenvalue weighted by Crippen LogP contribution is -2.35. The maximum atomic E-state index is 13.4. The van der Waals surface area contributed by atoms with Crippen LogP contribution in [0.2, 0.25) is 0 Å². The molecule has 7 heteroatoms. The van der Waals surface area contributed by atoms with Crippen LogP contribution in [-0.2, 0) is 0 Å². The van der Waals surface area contributed by atoms with E-state index in [1.807, 2.05) is 0 Å². The number of carbonyl (C=O) groups is 1. The number of alkyl halides is 3. The fourth-order valence-corrected chi connectivity index (χ4v) is 1.60. The first-order valence-corrected chi connectivity index (χ1v) is 5.53. The topological polar surface area (TPSA) is 49.3 Å². The van der Waals surface area contributed by atoms with Crippen LogP contribution in [0.3, 0.4) is 0 Å². The molecular weight excluding hydrogens is 266 g/mol. The summed E-state index contributed by atoms with van der Waals surface area (Å²) in [6.45, 7) is 2.76.